The van der Waals surface area contributed by atoms with E-state index in [1.54, 1.807) is 0 Å². The molecule has 0 aromatic rings. The lowest BCUT2D eigenvalue weighted by atomic mass is 9.99. The minimum absolute atomic E-state index is 0.0615. The predicted molar refractivity (Wildman–Crippen MR) is 73.2 cm³/mol. The average Bonchev–Trinajstić information content (AvgIpc) is 2.78. The van der Waals surface area contributed by atoms with Gasteiger partial charge in [0.15, 0.2) is 0 Å². The number of carbonyl (C=O) groups excluding carboxylic acids is 1. The lowest BCUT2D eigenvalue weighted by Crippen LogP contribution is -2.43. The lowest BCUT2D eigenvalue weighted by Gasteiger charge is -2.30. The average molecular weight is 253 g/mol. The molecular weight excluding hydrogens is 226 g/mol. The fraction of sp³-hybridized carbons (Fsp3) is 0.929. The summed E-state index contributed by atoms with van der Waals surface area (Å²) in [6, 6.07) is 0.0841. The largest absolute Gasteiger partial charge is 0.355 e. The van der Waals surface area contributed by atoms with E-state index in [1.165, 1.54) is 25.9 Å². The summed E-state index contributed by atoms with van der Waals surface area (Å²) >= 11 is 0. The van der Waals surface area contributed by atoms with Gasteiger partial charge in [-0.15, -0.1) is 0 Å². The third-order valence-corrected chi connectivity index (χ3v) is 4.51. The number of piperidine rings is 1. The number of hydrogen-bond donors (Lipinski definition) is 2. The van der Waals surface area contributed by atoms with Gasteiger partial charge in [0.05, 0.1) is 5.92 Å². The van der Waals surface area contributed by atoms with Gasteiger partial charge in [0.1, 0.15) is 0 Å². The van der Waals surface area contributed by atoms with Crippen LogP contribution in [0.3, 0.4) is 0 Å². The molecule has 1 saturated heterocycles. The summed E-state index contributed by atoms with van der Waals surface area (Å²) in [5, 5.41) is 3.05. The summed E-state index contributed by atoms with van der Waals surface area (Å²) in [4.78, 5) is 14.4. The molecule has 18 heavy (non-hydrogen) atoms. The van der Waals surface area contributed by atoms with E-state index in [0.29, 0.717) is 0 Å². The van der Waals surface area contributed by atoms with Crippen molar-refractivity contribution in [3.63, 3.8) is 0 Å². The number of rotatable bonds is 4. The zero-order chi connectivity index (χ0) is 13.0. The molecule has 1 aliphatic heterocycles. The maximum absolute atomic E-state index is 11.9. The van der Waals surface area contributed by atoms with E-state index in [4.69, 9.17) is 5.73 Å². The molecule has 2 fully saturated rings. The van der Waals surface area contributed by atoms with Gasteiger partial charge in [-0.2, -0.15) is 0 Å². The SMILES string of the molecule is CC1CCN(CCNC(=O)C2CCCC2N)CC1. The molecule has 1 saturated carbocycles. The monoisotopic (exact) mass is 253 g/mol. The number of hydrogen-bond acceptors (Lipinski definition) is 3. The second-order valence-corrected chi connectivity index (χ2v) is 6.02. The summed E-state index contributed by atoms with van der Waals surface area (Å²) in [5.74, 6) is 1.10. The Balaban J connectivity index is 1.61. The summed E-state index contributed by atoms with van der Waals surface area (Å²) < 4.78 is 0. The van der Waals surface area contributed by atoms with Crippen molar-refractivity contribution in [3.8, 4) is 0 Å². The van der Waals surface area contributed by atoms with Crippen LogP contribution in [0.2, 0.25) is 0 Å². The molecule has 2 rings (SSSR count). The van der Waals surface area contributed by atoms with Gasteiger partial charge in [-0.3, -0.25) is 4.79 Å². The molecule has 4 heteroatoms. The van der Waals surface area contributed by atoms with Crippen LogP contribution in [0.25, 0.3) is 0 Å². The molecule has 4 nitrogen and oxygen atoms in total. The number of nitrogens with two attached hydrogens (primary N) is 1. The Morgan fingerprint density at radius 2 is 2.00 bits per heavy atom. The first-order valence-electron chi connectivity index (χ1n) is 7.42. The van der Waals surface area contributed by atoms with Crippen molar-refractivity contribution in [2.45, 2.75) is 45.1 Å². The van der Waals surface area contributed by atoms with Gasteiger partial charge in [0, 0.05) is 19.1 Å². The van der Waals surface area contributed by atoms with Gasteiger partial charge >= 0.3 is 0 Å². The standard InChI is InChI=1S/C14H27N3O/c1-11-5-8-17(9-6-11)10-7-16-14(18)12-3-2-4-13(12)15/h11-13H,2-10,15H2,1H3,(H,16,18). The van der Waals surface area contributed by atoms with Crippen LogP contribution in [-0.4, -0.2) is 43.0 Å². The van der Waals surface area contributed by atoms with Crippen molar-refractivity contribution in [2.75, 3.05) is 26.2 Å². The number of nitrogens with one attached hydrogen (secondary N) is 1. The first-order valence-corrected chi connectivity index (χ1v) is 7.42. The van der Waals surface area contributed by atoms with Crippen molar-refractivity contribution in [1.82, 2.24) is 10.2 Å². The summed E-state index contributed by atoms with van der Waals surface area (Å²) in [7, 11) is 0. The van der Waals surface area contributed by atoms with Gasteiger partial charge in [-0.25, -0.2) is 0 Å². The second kappa shape index (κ2) is 6.53. The number of carbonyl (C=O) groups is 1. The van der Waals surface area contributed by atoms with E-state index in [0.717, 1.165) is 38.3 Å². The smallest absolute Gasteiger partial charge is 0.224 e. The Morgan fingerprint density at radius 1 is 1.28 bits per heavy atom. The molecule has 3 N–H and O–H groups in total. The number of nitrogens with zero attached hydrogens (tertiary/aromatic N) is 1. The minimum atomic E-state index is 0.0615. The van der Waals surface area contributed by atoms with E-state index in [2.05, 4.69) is 17.1 Å². The van der Waals surface area contributed by atoms with Crippen LogP contribution < -0.4 is 11.1 Å². The molecule has 1 aliphatic carbocycles. The minimum Gasteiger partial charge on any atom is -0.355 e. The van der Waals surface area contributed by atoms with Gasteiger partial charge in [-0.1, -0.05) is 13.3 Å². The molecule has 2 atom stereocenters. The van der Waals surface area contributed by atoms with Crippen molar-refractivity contribution in [1.29, 1.82) is 0 Å². The molecule has 1 amide bonds. The van der Waals surface area contributed by atoms with Crippen LogP contribution >= 0.6 is 0 Å². The second-order valence-electron chi connectivity index (χ2n) is 6.02. The molecule has 0 bridgehead atoms. The molecule has 0 aromatic carbocycles. The third kappa shape index (κ3) is 3.69. The summed E-state index contributed by atoms with van der Waals surface area (Å²) in [5.41, 5.74) is 5.94. The molecule has 0 spiro atoms. The van der Waals surface area contributed by atoms with Gasteiger partial charge in [0.25, 0.3) is 0 Å². The Kier molecular flexibility index (Phi) is 5.01. The maximum Gasteiger partial charge on any atom is 0.224 e. The highest BCUT2D eigenvalue weighted by molar-refractivity contribution is 5.79. The highest BCUT2D eigenvalue weighted by Crippen LogP contribution is 2.23. The van der Waals surface area contributed by atoms with Gasteiger partial charge in [0.2, 0.25) is 5.91 Å². The van der Waals surface area contributed by atoms with Gasteiger partial charge in [-0.05, 0) is 44.7 Å². The normalized spacial score (nSPS) is 30.6. The Labute approximate surface area is 110 Å². The molecular formula is C14H27N3O. The molecule has 2 unspecified atom stereocenters. The molecule has 1 heterocycles. The zero-order valence-corrected chi connectivity index (χ0v) is 11.5. The first-order chi connectivity index (χ1) is 8.66. The maximum atomic E-state index is 11.9. The predicted octanol–water partition coefficient (Wildman–Crippen LogP) is 0.962. The van der Waals surface area contributed by atoms with Crippen LogP contribution in [0.1, 0.15) is 39.0 Å². The Bertz CT molecular complexity index is 274. The topological polar surface area (TPSA) is 58.4 Å². The van der Waals surface area contributed by atoms with Crippen LogP contribution in [0.5, 0.6) is 0 Å². The van der Waals surface area contributed by atoms with Crippen molar-refractivity contribution in [2.24, 2.45) is 17.6 Å². The third-order valence-electron chi connectivity index (χ3n) is 4.51. The Hall–Kier alpha value is -0.610. The molecule has 0 aromatic heterocycles. The van der Waals surface area contributed by atoms with E-state index in [9.17, 15) is 4.79 Å². The zero-order valence-electron chi connectivity index (χ0n) is 11.5. The van der Waals surface area contributed by atoms with Crippen molar-refractivity contribution in [3.05, 3.63) is 0 Å². The van der Waals surface area contributed by atoms with Crippen LogP contribution in [-0.2, 0) is 4.79 Å². The van der Waals surface area contributed by atoms with Crippen LogP contribution in [0, 0.1) is 11.8 Å². The highest BCUT2D eigenvalue weighted by Gasteiger charge is 2.29. The molecule has 104 valence electrons. The van der Waals surface area contributed by atoms with Crippen LogP contribution in [0.4, 0.5) is 0 Å². The highest BCUT2D eigenvalue weighted by atomic mass is 16.1. The van der Waals surface area contributed by atoms with E-state index in [-0.39, 0.29) is 17.9 Å². The quantitative estimate of drug-likeness (QED) is 0.784. The summed E-state index contributed by atoms with van der Waals surface area (Å²) in [6.07, 6.45) is 5.66. The van der Waals surface area contributed by atoms with Crippen molar-refractivity contribution >= 4 is 5.91 Å². The fourth-order valence-electron chi connectivity index (χ4n) is 3.07. The van der Waals surface area contributed by atoms with E-state index >= 15 is 0 Å². The van der Waals surface area contributed by atoms with Crippen molar-refractivity contribution < 1.29 is 4.79 Å². The Morgan fingerprint density at radius 3 is 2.61 bits per heavy atom. The fourth-order valence-corrected chi connectivity index (χ4v) is 3.07. The van der Waals surface area contributed by atoms with E-state index in [1.807, 2.05) is 0 Å². The molecule has 2 aliphatic rings. The summed E-state index contributed by atoms with van der Waals surface area (Å²) in [6.45, 7) is 6.44. The van der Waals surface area contributed by atoms with Gasteiger partial charge < -0.3 is 16.0 Å². The first kappa shape index (κ1) is 13.8. The lowest BCUT2D eigenvalue weighted by molar-refractivity contribution is -0.125. The number of likely N-dealkylation sites (tertiary alicyclic amines) is 1. The molecule has 0 radical (unpaired) electrons. The number of amides is 1. The van der Waals surface area contributed by atoms with E-state index < -0.39 is 0 Å². The van der Waals surface area contributed by atoms with Crippen LogP contribution in [0.15, 0.2) is 0 Å².